The van der Waals surface area contributed by atoms with E-state index in [0.717, 1.165) is 29.3 Å². The van der Waals surface area contributed by atoms with Crippen molar-refractivity contribution in [2.75, 3.05) is 20.6 Å². The first-order valence-corrected chi connectivity index (χ1v) is 11.4. The summed E-state index contributed by atoms with van der Waals surface area (Å²) in [7, 11) is 3.39. The molecule has 0 saturated carbocycles. The van der Waals surface area contributed by atoms with Crippen molar-refractivity contribution in [3.63, 3.8) is 0 Å². The fourth-order valence-electron chi connectivity index (χ4n) is 2.29. The maximum absolute atomic E-state index is 12.0. The number of hydrogen-bond acceptors (Lipinski definition) is 4. The van der Waals surface area contributed by atoms with E-state index in [-0.39, 0.29) is 12.3 Å². The molecule has 0 aliphatic carbocycles. The minimum atomic E-state index is -0.961. The molecule has 7 nitrogen and oxygen atoms in total. The number of carbonyl (C=O) groups excluding carboxylic acids is 2. The SMILES string of the molecule is C=Cc1[nH]cc(CCC(=O)NC(C(=O)NC)C(C)O)c1/C=C\C.CCC(C)C.CCNC. The quantitative estimate of drug-likeness (QED) is 0.376. The summed E-state index contributed by atoms with van der Waals surface area (Å²) < 4.78 is 0. The average Bonchev–Trinajstić information content (AvgIpc) is 3.17. The first kappa shape index (κ1) is 31.8. The van der Waals surface area contributed by atoms with Crippen molar-refractivity contribution in [1.29, 1.82) is 0 Å². The predicted octanol–water partition coefficient (Wildman–Crippen LogP) is 3.51. The van der Waals surface area contributed by atoms with Crippen molar-refractivity contribution in [2.24, 2.45) is 5.92 Å². The van der Waals surface area contributed by atoms with E-state index in [1.807, 2.05) is 32.3 Å². The molecule has 0 fully saturated rings. The van der Waals surface area contributed by atoms with Gasteiger partial charge in [-0.2, -0.15) is 0 Å². The third-order valence-corrected chi connectivity index (χ3v) is 4.69. The van der Waals surface area contributed by atoms with Gasteiger partial charge in [-0.15, -0.1) is 0 Å². The lowest BCUT2D eigenvalue weighted by atomic mass is 10.0. The Kier molecular flexibility index (Phi) is 19.2. The number of aliphatic hydroxyl groups is 1. The highest BCUT2D eigenvalue weighted by molar-refractivity contribution is 5.88. The maximum atomic E-state index is 12.0. The van der Waals surface area contributed by atoms with Crippen LogP contribution >= 0.6 is 0 Å². The van der Waals surface area contributed by atoms with Crippen molar-refractivity contribution >= 4 is 24.0 Å². The van der Waals surface area contributed by atoms with Gasteiger partial charge < -0.3 is 26.0 Å². The second kappa shape index (κ2) is 19.3. The van der Waals surface area contributed by atoms with Crippen LogP contribution in [0.2, 0.25) is 0 Å². The molecule has 7 heteroatoms. The Balaban J connectivity index is 0. The van der Waals surface area contributed by atoms with Gasteiger partial charge >= 0.3 is 0 Å². The van der Waals surface area contributed by atoms with E-state index in [2.05, 4.69) is 55.2 Å². The molecule has 1 aromatic rings. The van der Waals surface area contributed by atoms with Crippen LogP contribution in [0.1, 0.15) is 71.2 Å². The number of aromatic amines is 1. The Morgan fingerprint density at radius 2 is 1.78 bits per heavy atom. The highest BCUT2D eigenvalue weighted by atomic mass is 16.3. The molecule has 2 amide bonds. The molecule has 0 aliphatic heterocycles. The van der Waals surface area contributed by atoms with Gasteiger partial charge in [-0.3, -0.25) is 9.59 Å². The summed E-state index contributed by atoms with van der Waals surface area (Å²) in [6, 6.07) is -0.947. The van der Waals surface area contributed by atoms with Gasteiger partial charge in [-0.05, 0) is 51.4 Å². The zero-order valence-electron chi connectivity index (χ0n) is 21.3. The number of allylic oxidation sites excluding steroid dienone is 1. The number of likely N-dealkylation sites (N-methyl/N-ethyl adjacent to an activating group) is 1. The number of hydrogen-bond donors (Lipinski definition) is 5. The standard InChI is InChI=1S/C17H25N3O3.C5H12.C3H9N/c1-5-7-13-12(10-19-14(13)6-2)8-9-15(22)20-16(11(3)21)17(23)18-4;1-4-5(2)3;1-3-4-2/h5-7,10-11,16,19,21H,2,8-9H2,1,3-4H3,(H,18,23)(H,20,22);5H,4H2,1-3H3;4H,3H2,1-2H3/b7-5-;;. The highest BCUT2D eigenvalue weighted by Gasteiger charge is 2.24. The lowest BCUT2D eigenvalue weighted by Crippen LogP contribution is -2.51. The number of aryl methyl sites for hydroxylation is 1. The molecule has 0 spiro atoms. The summed E-state index contributed by atoms with van der Waals surface area (Å²) in [6.45, 7) is 16.9. The summed E-state index contributed by atoms with van der Waals surface area (Å²) in [6.07, 6.45) is 8.56. The molecule has 0 aliphatic rings. The molecular weight excluding hydrogens is 404 g/mol. The van der Waals surface area contributed by atoms with Gasteiger partial charge in [0, 0.05) is 30.9 Å². The topological polar surface area (TPSA) is 106 Å². The van der Waals surface area contributed by atoms with E-state index < -0.39 is 18.1 Å². The van der Waals surface area contributed by atoms with Gasteiger partial charge in [-0.1, -0.05) is 52.8 Å². The molecule has 0 aromatic carbocycles. The maximum Gasteiger partial charge on any atom is 0.245 e. The number of nitrogens with one attached hydrogen (secondary N) is 4. The third kappa shape index (κ3) is 13.8. The summed E-state index contributed by atoms with van der Waals surface area (Å²) in [5.74, 6) is 0.181. The van der Waals surface area contributed by atoms with Crippen molar-refractivity contribution < 1.29 is 14.7 Å². The Morgan fingerprint density at radius 1 is 1.22 bits per heavy atom. The first-order chi connectivity index (χ1) is 15.1. The Bertz CT molecular complexity index is 677. The average molecular weight is 451 g/mol. The number of rotatable bonds is 10. The van der Waals surface area contributed by atoms with Crippen LogP contribution in [-0.4, -0.2) is 54.7 Å². The number of carbonyl (C=O) groups is 2. The van der Waals surface area contributed by atoms with Crippen molar-refractivity contribution in [3.05, 3.63) is 35.7 Å². The van der Waals surface area contributed by atoms with Crippen LogP contribution < -0.4 is 16.0 Å². The van der Waals surface area contributed by atoms with Gasteiger partial charge in [0.05, 0.1) is 6.10 Å². The lowest BCUT2D eigenvalue weighted by molar-refractivity contribution is -0.131. The van der Waals surface area contributed by atoms with Gasteiger partial charge in [-0.25, -0.2) is 0 Å². The lowest BCUT2D eigenvalue weighted by Gasteiger charge is -2.19. The van der Waals surface area contributed by atoms with E-state index in [9.17, 15) is 14.7 Å². The predicted molar refractivity (Wildman–Crippen MR) is 136 cm³/mol. The molecule has 1 rings (SSSR count). The molecule has 1 aromatic heterocycles. The van der Waals surface area contributed by atoms with Crippen molar-refractivity contribution in [3.8, 4) is 0 Å². The number of amides is 2. The first-order valence-electron chi connectivity index (χ1n) is 11.4. The molecule has 0 bridgehead atoms. The molecular formula is C25H46N4O3. The molecule has 2 unspecified atom stereocenters. The fraction of sp³-hybridized carbons (Fsp3) is 0.600. The van der Waals surface area contributed by atoms with Crippen LogP contribution in [0, 0.1) is 5.92 Å². The Hall–Kier alpha value is -2.38. The van der Waals surface area contributed by atoms with Crippen LogP contribution in [0.15, 0.2) is 18.9 Å². The summed E-state index contributed by atoms with van der Waals surface area (Å²) in [5, 5.41) is 17.5. The molecule has 5 N–H and O–H groups in total. The normalized spacial score (nSPS) is 12.2. The van der Waals surface area contributed by atoms with Gasteiger partial charge in [0.15, 0.2) is 0 Å². The number of aromatic nitrogens is 1. The number of aliphatic hydroxyl groups excluding tert-OH is 1. The highest BCUT2D eigenvalue weighted by Crippen LogP contribution is 2.19. The largest absolute Gasteiger partial charge is 0.391 e. The number of H-pyrrole nitrogens is 1. The second-order valence-corrected chi connectivity index (χ2v) is 7.75. The van der Waals surface area contributed by atoms with Crippen LogP contribution in [0.25, 0.3) is 12.2 Å². The smallest absolute Gasteiger partial charge is 0.245 e. The van der Waals surface area contributed by atoms with Crippen LogP contribution in [-0.2, 0) is 16.0 Å². The molecule has 1 heterocycles. The Labute approximate surface area is 195 Å². The van der Waals surface area contributed by atoms with Crippen molar-refractivity contribution in [2.45, 2.75) is 73.0 Å². The second-order valence-electron chi connectivity index (χ2n) is 7.75. The van der Waals surface area contributed by atoms with E-state index >= 15 is 0 Å². The zero-order valence-corrected chi connectivity index (χ0v) is 21.3. The molecule has 32 heavy (non-hydrogen) atoms. The fourth-order valence-corrected chi connectivity index (χ4v) is 2.29. The van der Waals surface area contributed by atoms with Crippen LogP contribution in [0.5, 0.6) is 0 Å². The molecule has 0 radical (unpaired) electrons. The summed E-state index contributed by atoms with van der Waals surface area (Å²) in [4.78, 5) is 26.8. The molecule has 184 valence electrons. The van der Waals surface area contributed by atoms with Crippen LogP contribution in [0.3, 0.4) is 0 Å². The Morgan fingerprint density at radius 3 is 2.16 bits per heavy atom. The minimum absolute atomic E-state index is 0.221. The zero-order chi connectivity index (χ0) is 25.1. The van der Waals surface area contributed by atoms with Gasteiger partial charge in [0.2, 0.25) is 11.8 Å². The van der Waals surface area contributed by atoms with Gasteiger partial charge in [0.1, 0.15) is 6.04 Å². The van der Waals surface area contributed by atoms with Crippen molar-refractivity contribution in [1.82, 2.24) is 20.9 Å². The molecule has 2 atom stereocenters. The monoisotopic (exact) mass is 450 g/mol. The summed E-state index contributed by atoms with van der Waals surface area (Å²) >= 11 is 0. The summed E-state index contributed by atoms with van der Waals surface area (Å²) in [5.41, 5.74) is 2.92. The van der Waals surface area contributed by atoms with Gasteiger partial charge in [0.25, 0.3) is 0 Å². The van der Waals surface area contributed by atoms with E-state index in [0.29, 0.717) is 6.42 Å². The van der Waals surface area contributed by atoms with Crippen LogP contribution in [0.4, 0.5) is 0 Å². The van der Waals surface area contributed by atoms with E-state index in [1.165, 1.54) is 20.4 Å². The minimum Gasteiger partial charge on any atom is -0.391 e. The third-order valence-electron chi connectivity index (χ3n) is 4.69. The van der Waals surface area contributed by atoms with E-state index in [4.69, 9.17) is 0 Å². The molecule has 0 saturated heterocycles. The van der Waals surface area contributed by atoms with E-state index in [1.54, 1.807) is 6.08 Å².